The molecule has 1 aromatic carbocycles. The minimum absolute atomic E-state index is 0.277. The van der Waals surface area contributed by atoms with E-state index in [0.717, 1.165) is 0 Å². The van der Waals surface area contributed by atoms with Crippen LogP contribution in [-0.2, 0) is 11.3 Å². The predicted molar refractivity (Wildman–Crippen MR) is 98.6 cm³/mol. The molecule has 0 spiro atoms. The number of imidazole rings is 1. The normalized spacial score (nSPS) is 12.2. The van der Waals surface area contributed by atoms with Crippen molar-refractivity contribution in [2.45, 2.75) is 19.6 Å². The van der Waals surface area contributed by atoms with Crippen molar-refractivity contribution >= 4 is 46.4 Å². The number of rotatable bonds is 5. The first-order valence-electron chi connectivity index (χ1n) is 7.45. The maximum absolute atomic E-state index is 12.2. The summed E-state index contributed by atoms with van der Waals surface area (Å²) in [5, 5.41) is 4.24. The van der Waals surface area contributed by atoms with Gasteiger partial charge in [-0.2, -0.15) is 0 Å². The number of halogens is 3. The minimum atomic E-state index is -0.717. The summed E-state index contributed by atoms with van der Waals surface area (Å²) in [7, 11) is 0. The summed E-state index contributed by atoms with van der Waals surface area (Å²) in [5.74, 6) is 0.122. The topological polar surface area (TPSA) is 55.6 Å². The van der Waals surface area contributed by atoms with E-state index in [1.165, 1.54) is 0 Å². The Morgan fingerprint density at radius 3 is 2.76 bits per heavy atom. The van der Waals surface area contributed by atoms with Crippen molar-refractivity contribution in [3.8, 4) is 5.75 Å². The number of ether oxygens (including phenoxy) is 1. The van der Waals surface area contributed by atoms with Crippen molar-refractivity contribution in [2.24, 2.45) is 0 Å². The number of nitrogens with one attached hydrogen (secondary N) is 1. The molecule has 0 saturated heterocycles. The monoisotopic (exact) mass is 397 g/mol. The lowest BCUT2D eigenvalue weighted by Gasteiger charge is -2.15. The summed E-state index contributed by atoms with van der Waals surface area (Å²) in [4.78, 5) is 16.6. The van der Waals surface area contributed by atoms with Crippen LogP contribution in [0, 0.1) is 0 Å². The van der Waals surface area contributed by atoms with Gasteiger partial charge < -0.3 is 14.5 Å². The summed E-state index contributed by atoms with van der Waals surface area (Å²) in [5.41, 5.74) is 1.43. The third-order valence-corrected chi connectivity index (χ3v) is 4.25. The second kappa shape index (κ2) is 7.52. The molecule has 0 aliphatic heterocycles. The van der Waals surface area contributed by atoms with E-state index in [-0.39, 0.29) is 12.5 Å². The van der Waals surface area contributed by atoms with Crippen LogP contribution in [0.4, 0.5) is 0 Å². The number of aromatic nitrogens is 2. The highest BCUT2D eigenvalue weighted by Crippen LogP contribution is 2.28. The molecule has 1 unspecified atom stereocenters. The van der Waals surface area contributed by atoms with Crippen LogP contribution in [0.1, 0.15) is 12.6 Å². The molecule has 1 amide bonds. The Bertz CT molecular complexity index is 927. The molecule has 0 saturated carbocycles. The van der Waals surface area contributed by atoms with Crippen LogP contribution in [-0.4, -0.2) is 21.4 Å². The molecular formula is C17H14Cl3N3O2. The van der Waals surface area contributed by atoms with Crippen LogP contribution in [0.3, 0.4) is 0 Å². The van der Waals surface area contributed by atoms with Gasteiger partial charge in [-0.3, -0.25) is 4.79 Å². The van der Waals surface area contributed by atoms with Gasteiger partial charge in [-0.25, -0.2) is 4.98 Å². The third kappa shape index (κ3) is 4.37. The van der Waals surface area contributed by atoms with Gasteiger partial charge in [0.25, 0.3) is 5.91 Å². The number of amides is 1. The van der Waals surface area contributed by atoms with E-state index in [2.05, 4.69) is 10.3 Å². The molecule has 0 fully saturated rings. The highest BCUT2D eigenvalue weighted by molar-refractivity contribution is 6.35. The molecule has 2 aromatic heterocycles. The average Bonchev–Trinajstić information content (AvgIpc) is 2.97. The second-order valence-electron chi connectivity index (χ2n) is 5.40. The van der Waals surface area contributed by atoms with Crippen LogP contribution < -0.4 is 10.1 Å². The van der Waals surface area contributed by atoms with E-state index < -0.39 is 6.10 Å². The Kier molecular flexibility index (Phi) is 5.37. The summed E-state index contributed by atoms with van der Waals surface area (Å²) < 4.78 is 7.41. The van der Waals surface area contributed by atoms with Crippen molar-refractivity contribution < 1.29 is 9.53 Å². The Morgan fingerprint density at radius 1 is 1.24 bits per heavy atom. The van der Waals surface area contributed by atoms with E-state index >= 15 is 0 Å². The quantitative estimate of drug-likeness (QED) is 0.694. The number of fused-ring (bicyclic) bond motifs is 1. The second-order valence-corrected chi connectivity index (χ2v) is 6.68. The number of hydrogen-bond donors (Lipinski definition) is 1. The van der Waals surface area contributed by atoms with Crippen molar-refractivity contribution in [2.75, 3.05) is 0 Å². The Hall–Kier alpha value is -1.95. The highest BCUT2D eigenvalue weighted by atomic mass is 35.5. The fourth-order valence-electron chi connectivity index (χ4n) is 2.23. The van der Waals surface area contributed by atoms with Crippen LogP contribution in [0.25, 0.3) is 5.65 Å². The molecule has 0 aliphatic carbocycles. The predicted octanol–water partition coefficient (Wildman–Crippen LogP) is 4.38. The number of carbonyl (C=O) groups is 1. The van der Waals surface area contributed by atoms with Crippen molar-refractivity contribution in [3.63, 3.8) is 0 Å². The highest BCUT2D eigenvalue weighted by Gasteiger charge is 2.16. The van der Waals surface area contributed by atoms with Gasteiger partial charge in [-0.05, 0) is 37.3 Å². The summed E-state index contributed by atoms with van der Waals surface area (Å²) >= 11 is 17.8. The first kappa shape index (κ1) is 17.9. The van der Waals surface area contributed by atoms with Gasteiger partial charge in [-0.15, -0.1) is 0 Å². The van der Waals surface area contributed by atoms with E-state index in [1.54, 1.807) is 37.3 Å². The van der Waals surface area contributed by atoms with Crippen LogP contribution in [0.5, 0.6) is 5.75 Å². The molecular weight excluding hydrogens is 385 g/mol. The first-order valence-corrected chi connectivity index (χ1v) is 8.58. The zero-order chi connectivity index (χ0) is 18.0. The van der Waals surface area contributed by atoms with E-state index in [1.807, 2.05) is 16.8 Å². The summed E-state index contributed by atoms with van der Waals surface area (Å²) in [6, 6.07) is 8.35. The maximum Gasteiger partial charge on any atom is 0.261 e. The van der Waals surface area contributed by atoms with E-state index in [4.69, 9.17) is 39.5 Å². The molecule has 2 heterocycles. The van der Waals surface area contributed by atoms with Crippen LogP contribution >= 0.6 is 34.8 Å². The summed E-state index contributed by atoms with van der Waals surface area (Å²) in [6.07, 6.45) is 2.92. The lowest BCUT2D eigenvalue weighted by molar-refractivity contribution is -0.127. The number of pyridine rings is 1. The fourth-order valence-corrected chi connectivity index (χ4v) is 2.84. The third-order valence-electron chi connectivity index (χ3n) is 3.48. The lowest BCUT2D eigenvalue weighted by atomic mass is 10.3. The standard InChI is InChI=1S/C17H14Cl3N3O2/c1-10(25-15-3-2-11(18)6-14(15)20)17(24)21-8-13-9-23-5-4-12(19)7-16(23)22-13/h2-7,9-10H,8H2,1H3,(H,21,24). The zero-order valence-electron chi connectivity index (χ0n) is 13.2. The lowest BCUT2D eigenvalue weighted by Crippen LogP contribution is -2.36. The Labute approximate surface area is 159 Å². The van der Waals surface area contributed by atoms with Gasteiger partial charge >= 0.3 is 0 Å². The molecule has 0 bridgehead atoms. The van der Waals surface area contributed by atoms with Crippen molar-refractivity contribution in [3.05, 3.63) is 63.5 Å². The summed E-state index contributed by atoms with van der Waals surface area (Å²) in [6.45, 7) is 1.92. The molecule has 8 heteroatoms. The number of carbonyl (C=O) groups excluding carboxylic acids is 1. The van der Waals surface area contributed by atoms with Crippen LogP contribution in [0.15, 0.2) is 42.7 Å². The molecule has 3 aromatic rings. The van der Waals surface area contributed by atoms with Crippen LogP contribution in [0.2, 0.25) is 15.1 Å². The van der Waals surface area contributed by atoms with Gasteiger partial charge in [-0.1, -0.05) is 34.8 Å². The molecule has 3 rings (SSSR count). The van der Waals surface area contributed by atoms with Gasteiger partial charge in [0, 0.05) is 22.4 Å². The molecule has 0 aliphatic rings. The SMILES string of the molecule is CC(Oc1ccc(Cl)cc1Cl)C(=O)NCc1cn2ccc(Cl)cc2n1. The van der Waals surface area contributed by atoms with Gasteiger partial charge in [0.05, 0.1) is 17.3 Å². The maximum atomic E-state index is 12.2. The smallest absolute Gasteiger partial charge is 0.261 e. The van der Waals surface area contributed by atoms with Gasteiger partial charge in [0.2, 0.25) is 0 Å². The van der Waals surface area contributed by atoms with Crippen molar-refractivity contribution in [1.29, 1.82) is 0 Å². The van der Waals surface area contributed by atoms with Gasteiger partial charge in [0.15, 0.2) is 6.10 Å². The zero-order valence-corrected chi connectivity index (χ0v) is 15.4. The molecule has 1 atom stereocenters. The van der Waals surface area contributed by atoms with E-state index in [0.29, 0.717) is 32.2 Å². The minimum Gasteiger partial charge on any atom is -0.479 e. The largest absolute Gasteiger partial charge is 0.479 e. The molecule has 5 nitrogen and oxygen atoms in total. The number of nitrogens with zero attached hydrogens (tertiary/aromatic N) is 2. The molecule has 130 valence electrons. The average molecular weight is 399 g/mol. The first-order chi connectivity index (χ1) is 11.9. The van der Waals surface area contributed by atoms with E-state index in [9.17, 15) is 4.79 Å². The number of benzene rings is 1. The molecule has 1 N–H and O–H groups in total. The van der Waals surface area contributed by atoms with Crippen molar-refractivity contribution in [1.82, 2.24) is 14.7 Å². The Balaban J connectivity index is 1.60. The molecule has 0 radical (unpaired) electrons. The Morgan fingerprint density at radius 2 is 2.00 bits per heavy atom. The number of hydrogen-bond acceptors (Lipinski definition) is 3. The fraction of sp³-hybridized carbons (Fsp3) is 0.176. The van der Waals surface area contributed by atoms with Gasteiger partial charge in [0.1, 0.15) is 11.4 Å². The molecule has 25 heavy (non-hydrogen) atoms.